The first-order valence-electron chi connectivity index (χ1n) is 10.8. The monoisotopic (exact) mass is 390 g/mol. The number of likely N-dealkylation sites (tertiary alicyclic amines) is 1. The fourth-order valence-corrected chi connectivity index (χ4v) is 4.86. The summed E-state index contributed by atoms with van der Waals surface area (Å²) in [5.41, 5.74) is 0. The number of aliphatic imine (C=N–C) groups is 1. The third kappa shape index (κ3) is 4.14. The molecule has 3 amide bonds. The highest BCUT2D eigenvalue weighted by atomic mass is 16.2. The van der Waals surface area contributed by atoms with Crippen LogP contribution >= 0.6 is 0 Å². The fourth-order valence-electron chi connectivity index (χ4n) is 4.86. The minimum atomic E-state index is -0.455. The summed E-state index contributed by atoms with van der Waals surface area (Å²) in [7, 11) is 3.29. The van der Waals surface area contributed by atoms with E-state index in [1.165, 1.54) is 24.2 Å². The standard InChI is InChI=1S/C21H36N5O2/c1-6-7-8-9-10-26-17(14-25-12-15(2)11-16(3)13-25)22-19-18(26)20(27)24(5)21(28)23(19)4/h15-16,18H,6-14H2,1-5H3/q+1. The lowest BCUT2D eigenvalue weighted by Crippen LogP contribution is -2.61. The third-order valence-electron chi connectivity index (χ3n) is 6.18. The van der Waals surface area contributed by atoms with Gasteiger partial charge in [-0.3, -0.25) is 19.5 Å². The number of likely N-dealkylation sites (N-methyl/N-ethyl adjacent to an activating group) is 2. The van der Waals surface area contributed by atoms with Crippen LogP contribution in [0.25, 0.3) is 0 Å². The molecule has 0 radical (unpaired) electrons. The van der Waals surface area contributed by atoms with Gasteiger partial charge in [0.15, 0.2) is 0 Å². The molecule has 0 aromatic heterocycles. The SMILES string of the molecule is CCCCCC[N+]1=C(CN2CC(C)CC(C)C2)N=C2C1C(=O)N(C)C(=O)N2C. The van der Waals surface area contributed by atoms with Crippen LogP contribution in [-0.4, -0.2) is 89.2 Å². The molecule has 0 spiro atoms. The molecule has 0 bridgehead atoms. The molecule has 0 aromatic rings. The number of amides is 3. The van der Waals surface area contributed by atoms with Gasteiger partial charge in [-0.15, -0.1) is 0 Å². The number of rotatable bonds is 7. The molecular weight excluding hydrogens is 354 g/mol. The molecule has 156 valence electrons. The van der Waals surface area contributed by atoms with E-state index in [1.807, 2.05) is 0 Å². The number of hydrogen-bond donors (Lipinski definition) is 0. The Hall–Kier alpha value is -1.76. The molecule has 3 aliphatic rings. The van der Waals surface area contributed by atoms with Crippen LogP contribution in [0.3, 0.4) is 0 Å². The first kappa shape index (κ1) is 21.0. The van der Waals surface area contributed by atoms with Crippen molar-refractivity contribution in [3.63, 3.8) is 0 Å². The van der Waals surface area contributed by atoms with Gasteiger partial charge in [-0.2, -0.15) is 0 Å². The number of carbonyl (C=O) groups excluding carboxylic acids is 2. The van der Waals surface area contributed by atoms with Gasteiger partial charge in [0.2, 0.25) is 0 Å². The van der Waals surface area contributed by atoms with Gasteiger partial charge in [0, 0.05) is 27.2 Å². The average Bonchev–Trinajstić information content (AvgIpc) is 2.99. The van der Waals surface area contributed by atoms with Gasteiger partial charge in [-0.05, 0) is 36.1 Å². The molecule has 28 heavy (non-hydrogen) atoms. The van der Waals surface area contributed by atoms with Crippen molar-refractivity contribution in [2.75, 3.05) is 40.3 Å². The van der Waals surface area contributed by atoms with E-state index >= 15 is 0 Å². The van der Waals surface area contributed by atoms with Gasteiger partial charge >= 0.3 is 11.9 Å². The molecule has 0 aromatic carbocycles. The number of urea groups is 1. The number of unbranched alkanes of at least 4 members (excludes halogenated alkanes) is 3. The molecule has 0 saturated carbocycles. The van der Waals surface area contributed by atoms with Crippen molar-refractivity contribution >= 4 is 23.6 Å². The van der Waals surface area contributed by atoms with E-state index in [1.54, 1.807) is 19.0 Å². The second-order valence-corrected chi connectivity index (χ2v) is 8.92. The third-order valence-corrected chi connectivity index (χ3v) is 6.18. The lowest BCUT2D eigenvalue weighted by Gasteiger charge is -2.34. The highest BCUT2D eigenvalue weighted by molar-refractivity contribution is 6.23. The van der Waals surface area contributed by atoms with Crippen LogP contribution in [0.4, 0.5) is 4.79 Å². The van der Waals surface area contributed by atoms with Crippen LogP contribution < -0.4 is 0 Å². The van der Waals surface area contributed by atoms with Crippen LogP contribution in [0.15, 0.2) is 4.99 Å². The van der Waals surface area contributed by atoms with Gasteiger partial charge in [-0.1, -0.05) is 33.6 Å². The Labute approximate surface area is 169 Å². The number of nitrogens with zero attached hydrogens (tertiary/aromatic N) is 5. The zero-order valence-corrected chi connectivity index (χ0v) is 18.1. The molecule has 3 heterocycles. The van der Waals surface area contributed by atoms with Gasteiger partial charge in [-0.25, -0.2) is 9.37 Å². The largest absolute Gasteiger partial charge is 0.333 e. The molecule has 0 N–H and O–H groups in total. The minimum absolute atomic E-state index is 0.160. The lowest BCUT2D eigenvalue weighted by atomic mass is 9.92. The maximum Gasteiger partial charge on any atom is 0.333 e. The number of piperidine rings is 1. The second kappa shape index (κ2) is 8.72. The number of carbonyl (C=O) groups is 2. The Bertz CT molecular complexity index is 676. The smallest absolute Gasteiger partial charge is 0.292 e. The van der Waals surface area contributed by atoms with Gasteiger partial charge in [0.25, 0.3) is 17.8 Å². The van der Waals surface area contributed by atoms with Crippen molar-refractivity contribution in [3.05, 3.63) is 0 Å². The zero-order valence-electron chi connectivity index (χ0n) is 18.1. The van der Waals surface area contributed by atoms with E-state index in [9.17, 15) is 9.59 Å². The summed E-state index contributed by atoms with van der Waals surface area (Å²) in [6.45, 7) is 10.5. The quantitative estimate of drug-likeness (QED) is 0.495. The van der Waals surface area contributed by atoms with Crippen LogP contribution in [0.5, 0.6) is 0 Å². The molecule has 2 fully saturated rings. The summed E-state index contributed by atoms with van der Waals surface area (Å²) in [6, 6.07) is -0.753. The summed E-state index contributed by atoms with van der Waals surface area (Å²) in [5, 5.41) is 0. The summed E-state index contributed by atoms with van der Waals surface area (Å²) < 4.78 is 2.16. The maximum atomic E-state index is 12.9. The van der Waals surface area contributed by atoms with E-state index in [0.717, 1.165) is 44.9 Å². The molecule has 3 rings (SSSR count). The predicted molar refractivity (Wildman–Crippen MR) is 111 cm³/mol. The molecule has 3 unspecified atom stereocenters. The van der Waals surface area contributed by atoms with E-state index < -0.39 is 6.04 Å². The van der Waals surface area contributed by atoms with Crippen molar-refractivity contribution in [2.45, 2.75) is 58.9 Å². The van der Waals surface area contributed by atoms with E-state index in [4.69, 9.17) is 4.99 Å². The molecule has 7 heteroatoms. The molecule has 0 aliphatic carbocycles. The molecule has 2 saturated heterocycles. The number of fused-ring (bicyclic) bond motifs is 1. The summed E-state index contributed by atoms with van der Waals surface area (Å²) in [6.07, 6.45) is 5.85. The Kier molecular flexibility index (Phi) is 6.53. The van der Waals surface area contributed by atoms with Crippen LogP contribution in [0.2, 0.25) is 0 Å². The Morgan fingerprint density at radius 1 is 1.04 bits per heavy atom. The molecule has 3 aliphatic heterocycles. The average molecular weight is 391 g/mol. The molecular formula is C21H36N5O2+. The predicted octanol–water partition coefficient (Wildman–Crippen LogP) is 2.26. The van der Waals surface area contributed by atoms with Crippen molar-refractivity contribution in [2.24, 2.45) is 16.8 Å². The highest BCUT2D eigenvalue weighted by Crippen LogP contribution is 2.23. The van der Waals surface area contributed by atoms with Crippen molar-refractivity contribution < 1.29 is 14.2 Å². The minimum Gasteiger partial charge on any atom is -0.292 e. The van der Waals surface area contributed by atoms with Gasteiger partial charge < -0.3 is 0 Å². The van der Waals surface area contributed by atoms with E-state index in [-0.39, 0.29) is 11.9 Å². The number of imide groups is 1. The van der Waals surface area contributed by atoms with E-state index in [0.29, 0.717) is 17.7 Å². The van der Waals surface area contributed by atoms with Crippen LogP contribution in [-0.2, 0) is 4.79 Å². The first-order chi connectivity index (χ1) is 13.3. The van der Waals surface area contributed by atoms with Crippen molar-refractivity contribution in [1.29, 1.82) is 0 Å². The van der Waals surface area contributed by atoms with Gasteiger partial charge in [0.05, 0.1) is 6.54 Å². The highest BCUT2D eigenvalue weighted by Gasteiger charge is 2.52. The summed E-state index contributed by atoms with van der Waals surface area (Å²) in [5.74, 6) is 2.73. The molecule has 3 atom stereocenters. The Balaban J connectivity index is 1.85. The Morgan fingerprint density at radius 2 is 1.71 bits per heavy atom. The van der Waals surface area contributed by atoms with Crippen LogP contribution in [0, 0.1) is 11.8 Å². The van der Waals surface area contributed by atoms with Crippen LogP contribution in [0.1, 0.15) is 52.9 Å². The topological polar surface area (TPSA) is 59.2 Å². The van der Waals surface area contributed by atoms with E-state index in [2.05, 4.69) is 30.2 Å². The fraction of sp³-hybridized carbons (Fsp3) is 0.810. The van der Waals surface area contributed by atoms with Crippen molar-refractivity contribution in [3.8, 4) is 0 Å². The Morgan fingerprint density at radius 3 is 2.36 bits per heavy atom. The summed E-state index contributed by atoms with van der Waals surface area (Å²) in [4.78, 5) is 35.4. The normalized spacial score (nSPS) is 28.9. The first-order valence-corrected chi connectivity index (χ1v) is 10.8. The number of hydrogen-bond acceptors (Lipinski definition) is 4. The zero-order chi connectivity index (χ0) is 20.4. The summed E-state index contributed by atoms with van der Waals surface area (Å²) >= 11 is 0. The lowest BCUT2D eigenvalue weighted by molar-refractivity contribution is -0.537. The maximum absolute atomic E-state index is 12.9. The van der Waals surface area contributed by atoms with Crippen molar-refractivity contribution in [1.82, 2.24) is 14.7 Å². The second-order valence-electron chi connectivity index (χ2n) is 8.92. The number of amidine groups is 2. The molecule has 7 nitrogen and oxygen atoms in total. The van der Waals surface area contributed by atoms with Gasteiger partial charge in [0.1, 0.15) is 6.54 Å².